The summed E-state index contributed by atoms with van der Waals surface area (Å²) in [6, 6.07) is 0.0870. The average molecular weight is 230 g/mol. The van der Waals surface area contributed by atoms with Crippen molar-refractivity contribution in [1.82, 2.24) is 15.0 Å². The fourth-order valence-electron chi connectivity index (χ4n) is 0.865. The van der Waals surface area contributed by atoms with Crippen LogP contribution in [0.4, 0.5) is 11.9 Å². The minimum atomic E-state index is -0.892. The Balaban J connectivity index is 2.71. The Morgan fingerprint density at radius 3 is 2.62 bits per heavy atom. The second-order valence-electron chi connectivity index (χ2n) is 2.83. The predicted molar refractivity (Wildman–Crippen MR) is 55.8 cm³/mol. The molecule has 1 aromatic rings. The highest BCUT2D eigenvalue weighted by Gasteiger charge is 2.07. The van der Waals surface area contributed by atoms with E-state index in [1.54, 1.807) is 0 Å². The van der Waals surface area contributed by atoms with Crippen molar-refractivity contribution in [2.24, 2.45) is 5.84 Å². The zero-order valence-corrected chi connectivity index (χ0v) is 8.71. The van der Waals surface area contributed by atoms with Gasteiger partial charge in [0.15, 0.2) is 0 Å². The molecule has 0 bridgehead atoms. The molecule has 9 heteroatoms. The summed E-state index contributed by atoms with van der Waals surface area (Å²) in [5, 5.41) is 20.4. The van der Waals surface area contributed by atoms with Gasteiger partial charge >= 0.3 is 6.01 Å². The summed E-state index contributed by atoms with van der Waals surface area (Å²) in [6.07, 6.45) is -0.892. The number of nitrogens with one attached hydrogen (secondary N) is 2. The summed E-state index contributed by atoms with van der Waals surface area (Å²) < 4.78 is 4.82. The molecule has 0 radical (unpaired) electrons. The van der Waals surface area contributed by atoms with Gasteiger partial charge in [-0.1, -0.05) is 0 Å². The van der Waals surface area contributed by atoms with Gasteiger partial charge in [-0.3, -0.25) is 5.43 Å². The first-order chi connectivity index (χ1) is 7.69. The number of rotatable bonds is 6. The Bertz CT molecular complexity index is 314. The molecule has 90 valence electrons. The molecule has 0 saturated carbocycles. The van der Waals surface area contributed by atoms with E-state index in [0.29, 0.717) is 0 Å². The number of aliphatic hydroxyl groups excluding tert-OH is 2. The van der Waals surface area contributed by atoms with Crippen molar-refractivity contribution >= 4 is 11.9 Å². The molecule has 0 saturated heterocycles. The Morgan fingerprint density at radius 1 is 1.38 bits per heavy atom. The van der Waals surface area contributed by atoms with Gasteiger partial charge in [0.2, 0.25) is 11.9 Å². The van der Waals surface area contributed by atoms with Crippen molar-refractivity contribution in [1.29, 1.82) is 0 Å². The van der Waals surface area contributed by atoms with Gasteiger partial charge in [-0.25, -0.2) is 5.84 Å². The molecule has 1 heterocycles. The Morgan fingerprint density at radius 2 is 2.06 bits per heavy atom. The Hall–Kier alpha value is -1.71. The standard InChI is InChI=1S/C7H14N6O3/c1-16-7-11-5(9-2-4(15)3-14)10-6(12-7)13-8/h4,14-15H,2-3,8H2,1H3,(H2,9,10,11,12,13). The molecule has 6 N–H and O–H groups in total. The number of hydrogen-bond donors (Lipinski definition) is 5. The number of nitrogens with two attached hydrogens (primary N) is 1. The number of hydrazine groups is 1. The van der Waals surface area contributed by atoms with Crippen molar-refractivity contribution < 1.29 is 14.9 Å². The lowest BCUT2D eigenvalue weighted by atomic mass is 10.4. The summed E-state index contributed by atoms with van der Waals surface area (Å²) in [7, 11) is 1.40. The van der Waals surface area contributed by atoms with Crippen molar-refractivity contribution in [3.63, 3.8) is 0 Å². The molecule has 0 aliphatic heterocycles. The van der Waals surface area contributed by atoms with E-state index >= 15 is 0 Å². The highest BCUT2D eigenvalue weighted by Crippen LogP contribution is 2.09. The minimum Gasteiger partial charge on any atom is -0.467 e. The number of anilines is 2. The van der Waals surface area contributed by atoms with Gasteiger partial charge in [0, 0.05) is 6.54 Å². The molecule has 0 amide bonds. The van der Waals surface area contributed by atoms with Crippen LogP contribution >= 0.6 is 0 Å². The number of aromatic nitrogens is 3. The van der Waals surface area contributed by atoms with Crippen LogP contribution < -0.4 is 21.3 Å². The molecule has 1 atom stereocenters. The van der Waals surface area contributed by atoms with E-state index in [1.807, 2.05) is 0 Å². The first-order valence-electron chi connectivity index (χ1n) is 4.49. The van der Waals surface area contributed by atoms with Gasteiger partial charge < -0.3 is 20.3 Å². The zero-order valence-electron chi connectivity index (χ0n) is 8.71. The number of methoxy groups -OCH3 is 1. The SMILES string of the molecule is COc1nc(NN)nc(NCC(O)CO)n1. The van der Waals surface area contributed by atoms with Gasteiger partial charge in [-0.05, 0) is 0 Å². The van der Waals surface area contributed by atoms with E-state index in [0.717, 1.165) is 0 Å². The molecule has 0 aliphatic carbocycles. The van der Waals surface area contributed by atoms with Crippen LogP contribution in [0.15, 0.2) is 0 Å². The van der Waals surface area contributed by atoms with Crippen LogP contribution in [0, 0.1) is 0 Å². The van der Waals surface area contributed by atoms with Crippen molar-refractivity contribution in [3.05, 3.63) is 0 Å². The largest absolute Gasteiger partial charge is 0.467 e. The van der Waals surface area contributed by atoms with Crippen LogP contribution in [-0.2, 0) is 0 Å². The normalized spacial score (nSPS) is 12.0. The topological polar surface area (TPSA) is 138 Å². The van der Waals surface area contributed by atoms with Gasteiger partial charge in [-0.15, -0.1) is 0 Å². The van der Waals surface area contributed by atoms with Crippen molar-refractivity contribution in [2.45, 2.75) is 6.10 Å². The quantitative estimate of drug-likeness (QED) is 0.275. The third kappa shape index (κ3) is 3.46. The van der Waals surface area contributed by atoms with E-state index < -0.39 is 6.10 Å². The third-order valence-electron chi connectivity index (χ3n) is 1.63. The van der Waals surface area contributed by atoms with E-state index in [2.05, 4.69) is 25.7 Å². The van der Waals surface area contributed by atoms with Gasteiger partial charge in [0.25, 0.3) is 0 Å². The first kappa shape index (κ1) is 12.4. The average Bonchev–Trinajstić information content (AvgIpc) is 2.35. The summed E-state index contributed by atoms with van der Waals surface area (Å²) in [5.74, 6) is 5.47. The Kier molecular flexibility index (Phi) is 4.64. The fraction of sp³-hybridized carbons (Fsp3) is 0.571. The van der Waals surface area contributed by atoms with Crippen LogP contribution in [0.2, 0.25) is 0 Å². The molecule has 1 unspecified atom stereocenters. The third-order valence-corrected chi connectivity index (χ3v) is 1.63. The van der Waals surface area contributed by atoms with Crippen LogP contribution in [0.25, 0.3) is 0 Å². The Labute approximate surface area is 91.7 Å². The highest BCUT2D eigenvalue weighted by atomic mass is 16.5. The second kappa shape index (κ2) is 6.00. The number of ether oxygens (including phenoxy) is 1. The molecule has 9 nitrogen and oxygen atoms in total. The lowest BCUT2D eigenvalue weighted by Gasteiger charge is -2.10. The van der Waals surface area contributed by atoms with E-state index in [-0.39, 0.29) is 31.1 Å². The molecule has 0 fully saturated rings. The van der Waals surface area contributed by atoms with Gasteiger partial charge in [0.05, 0.1) is 19.8 Å². The van der Waals surface area contributed by atoms with Gasteiger partial charge in [-0.2, -0.15) is 15.0 Å². The van der Waals surface area contributed by atoms with Crippen LogP contribution in [0.5, 0.6) is 6.01 Å². The van der Waals surface area contributed by atoms with Crippen molar-refractivity contribution in [2.75, 3.05) is 31.0 Å². The lowest BCUT2D eigenvalue weighted by Crippen LogP contribution is -2.24. The molecular formula is C7H14N6O3. The lowest BCUT2D eigenvalue weighted by molar-refractivity contribution is 0.105. The molecule has 0 aromatic carbocycles. The van der Waals surface area contributed by atoms with Gasteiger partial charge in [0.1, 0.15) is 0 Å². The second-order valence-corrected chi connectivity index (χ2v) is 2.83. The van der Waals surface area contributed by atoms with E-state index in [4.69, 9.17) is 20.8 Å². The summed E-state index contributed by atoms with van der Waals surface area (Å²) in [6.45, 7) is -0.245. The van der Waals surface area contributed by atoms with E-state index in [1.165, 1.54) is 7.11 Å². The zero-order chi connectivity index (χ0) is 12.0. The summed E-state index contributed by atoms with van der Waals surface area (Å²) in [5.41, 5.74) is 2.25. The van der Waals surface area contributed by atoms with Crippen LogP contribution in [-0.4, -0.2) is 51.5 Å². The summed E-state index contributed by atoms with van der Waals surface area (Å²) >= 11 is 0. The molecule has 1 aromatic heterocycles. The number of hydrogen-bond acceptors (Lipinski definition) is 9. The minimum absolute atomic E-state index is 0.0870. The smallest absolute Gasteiger partial charge is 0.322 e. The molecule has 16 heavy (non-hydrogen) atoms. The monoisotopic (exact) mass is 230 g/mol. The molecular weight excluding hydrogens is 216 g/mol. The number of nitrogen functional groups attached to an aromatic ring is 1. The highest BCUT2D eigenvalue weighted by molar-refractivity contribution is 5.34. The molecule has 1 rings (SSSR count). The fourth-order valence-corrected chi connectivity index (χ4v) is 0.865. The van der Waals surface area contributed by atoms with E-state index in [9.17, 15) is 0 Å². The molecule has 0 aliphatic rings. The number of nitrogens with zero attached hydrogens (tertiary/aromatic N) is 3. The maximum atomic E-state index is 9.12. The predicted octanol–water partition coefficient (Wildman–Crippen LogP) is -2.07. The first-order valence-corrected chi connectivity index (χ1v) is 4.49. The maximum absolute atomic E-state index is 9.12. The molecule has 0 spiro atoms. The maximum Gasteiger partial charge on any atom is 0.322 e. The summed E-state index contributed by atoms with van der Waals surface area (Å²) in [4.78, 5) is 11.5. The van der Waals surface area contributed by atoms with Crippen LogP contribution in [0.3, 0.4) is 0 Å². The van der Waals surface area contributed by atoms with Crippen LogP contribution in [0.1, 0.15) is 0 Å². The number of aliphatic hydroxyl groups is 2. The van der Waals surface area contributed by atoms with Crippen molar-refractivity contribution in [3.8, 4) is 6.01 Å².